The molecule has 0 aromatic rings. The van der Waals surface area contributed by atoms with Crippen LogP contribution in [0.4, 0.5) is 0 Å². The Labute approximate surface area is 97.8 Å². The Kier molecular flexibility index (Phi) is 5.44. The first kappa shape index (κ1) is 12.8. The third-order valence-corrected chi connectivity index (χ3v) is 3.30. The van der Waals surface area contributed by atoms with Gasteiger partial charge < -0.3 is 5.32 Å². The van der Waals surface area contributed by atoms with E-state index in [-0.39, 0.29) is 5.91 Å². The minimum atomic E-state index is 0.182. The molecule has 0 radical (unpaired) electrons. The monoisotopic (exact) mass is 231 g/mol. The van der Waals surface area contributed by atoms with Crippen LogP contribution in [0.25, 0.3) is 0 Å². The van der Waals surface area contributed by atoms with E-state index in [0.717, 1.165) is 19.4 Å². The van der Waals surface area contributed by atoms with Crippen LogP contribution in [0.2, 0.25) is 0 Å². The van der Waals surface area contributed by atoms with Gasteiger partial charge in [-0.3, -0.25) is 4.79 Å². The molecule has 0 spiro atoms. The van der Waals surface area contributed by atoms with E-state index in [0.29, 0.717) is 23.6 Å². The van der Waals surface area contributed by atoms with Crippen molar-refractivity contribution in [3.8, 4) is 0 Å². The molecular formula is C12H22ClNO. The van der Waals surface area contributed by atoms with E-state index in [2.05, 4.69) is 19.2 Å². The van der Waals surface area contributed by atoms with Gasteiger partial charge in [0.1, 0.15) is 0 Å². The second-order valence-electron chi connectivity index (χ2n) is 5.03. The number of amides is 1. The van der Waals surface area contributed by atoms with Crippen molar-refractivity contribution in [1.82, 2.24) is 5.32 Å². The van der Waals surface area contributed by atoms with E-state index in [1.165, 1.54) is 12.8 Å². The van der Waals surface area contributed by atoms with Crippen molar-refractivity contribution in [2.75, 3.05) is 6.54 Å². The molecule has 0 heterocycles. The van der Waals surface area contributed by atoms with Gasteiger partial charge in [-0.15, -0.1) is 11.6 Å². The molecule has 2 atom stereocenters. The van der Waals surface area contributed by atoms with E-state index < -0.39 is 0 Å². The van der Waals surface area contributed by atoms with Gasteiger partial charge in [0.2, 0.25) is 5.91 Å². The van der Waals surface area contributed by atoms with Gasteiger partial charge in [0.05, 0.1) is 0 Å². The Morgan fingerprint density at radius 1 is 1.47 bits per heavy atom. The molecule has 0 saturated heterocycles. The molecule has 1 fully saturated rings. The van der Waals surface area contributed by atoms with Crippen LogP contribution in [-0.2, 0) is 4.79 Å². The summed E-state index contributed by atoms with van der Waals surface area (Å²) in [4.78, 5) is 11.4. The summed E-state index contributed by atoms with van der Waals surface area (Å²) in [5, 5.41) is 3.33. The summed E-state index contributed by atoms with van der Waals surface area (Å²) < 4.78 is 0. The molecule has 1 aliphatic rings. The summed E-state index contributed by atoms with van der Waals surface area (Å²) >= 11 is 6.10. The number of nitrogens with one attached hydrogen (secondary N) is 1. The fourth-order valence-corrected chi connectivity index (χ4v) is 2.52. The predicted octanol–water partition coefficient (Wildman–Crippen LogP) is 2.95. The van der Waals surface area contributed by atoms with Crippen molar-refractivity contribution in [3.63, 3.8) is 0 Å². The largest absolute Gasteiger partial charge is 0.356 e. The Hall–Kier alpha value is -0.240. The summed E-state index contributed by atoms with van der Waals surface area (Å²) in [5.74, 6) is 1.22. The molecule has 1 N–H and O–H groups in total. The fraction of sp³-hybridized carbons (Fsp3) is 0.917. The Bertz CT molecular complexity index is 206. The lowest BCUT2D eigenvalue weighted by molar-refractivity contribution is -0.122. The van der Waals surface area contributed by atoms with E-state index in [1.54, 1.807) is 0 Å². The summed E-state index contributed by atoms with van der Waals surface area (Å²) in [7, 11) is 0. The normalized spacial score (nSPS) is 26.7. The van der Waals surface area contributed by atoms with Gasteiger partial charge in [-0.2, -0.15) is 0 Å². The molecule has 1 rings (SSSR count). The van der Waals surface area contributed by atoms with Crippen LogP contribution < -0.4 is 5.32 Å². The minimum Gasteiger partial charge on any atom is -0.356 e. The first-order valence-corrected chi connectivity index (χ1v) is 6.42. The van der Waals surface area contributed by atoms with Gasteiger partial charge in [-0.1, -0.05) is 20.3 Å². The molecule has 0 bridgehead atoms. The summed E-state index contributed by atoms with van der Waals surface area (Å²) in [6.45, 7) is 4.94. The highest BCUT2D eigenvalue weighted by molar-refractivity contribution is 6.20. The van der Waals surface area contributed by atoms with Crippen LogP contribution in [0.15, 0.2) is 0 Å². The van der Waals surface area contributed by atoms with Crippen molar-refractivity contribution in [3.05, 3.63) is 0 Å². The smallest absolute Gasteiger partial charge is 0.220 e. The van der Waals surface area contributed by atoms with Gasteiger partial charge in [-0.05, 0) is 31.1 Å². The van der Waals surface area contributed by atoms with E-state index in [9.17, 15) is 4.79 Å². The van der Waals surface area contributed by atoms with E-state index in [1.807, 2.05) is 0 Å². The number of carbonyl (C=O) groups is 1. The molecule has 1 saturated carbocycles. The number of hydrogen-bond donors (Lipinski definition) is 1. The minimum absolute atomic E-state index is 0.182. The molecule has 2 unspecified atom stereocenters. The highest BCUT2D eigenvalue weighted by Gasteiger charge is 2.20. The number of hydrogen-bond acceptors (Lipinski definition) is 1. The molecule has 3 heteroatoms. The highest BCUT2D eigenvalue weighted by atomic mass is 35.5. The summed E-state index contributed by atoms with van der Waals surface area (Å²) in [6, 6.07) is 0. The van der Waals surface area contributed by atoms with Crippen LogP contribution >= 0.6 is 11.6 Å². The van der Waals surface area contributed by atoms with Gasteiger partial charge in [0.15, 0.2) is 0 Å². The molecule has 1 aliphatic carbocycles. The highest BCUT2D eigenvalue weighted by Crippen LogP contribution is 2.27. The van der Waals surface area contributed by atoms with Crippen molar-refractivity contribution < 1.29 is 4.79 Å². The number of halogens is 1. The fourth-order valence-electron chi connectivity index (χ4n) is 2.11. The van der Waals surface area contributed by atoms with Crippen LogP contribution in [0.3, 0.4) is 0 Å². The Morgan fingerprint density at radius 3 is 2.80 bits per heavy atom. The molecule has 88 valence electrons. The zero-order valence-electron chi connectivity index (χ0n) is 9.76. The number of alkyl halides is 1. The summed E-state index contributed by atoms with van der Waals surface area (Å²) in [6.07, 6.45) is 5.25. The average molecular weight is 232 g/mol. The summed E-state index contributed by atoms with van der Waals surface area (Å²) in [5.41, 5.74) is 0. The maximum atomic E-state index is 11.4. The molecule has 0 aromatic heterocycles. The molecule has 15 heavy (non-hydrogen) atoms. The van der Waals surface area contributed by atoms with Crippen molar-refractivity contribution in [1.29, 1.82) is 0 Å². The standard InChI is InChI=1S/C12H22ClNO/c1-9(2)6-12(15)14-8-10-4-3-5-11(13)7-10/h9-11H,3-8H2,1-2H3,(H,14,15). The first-order chi connectivity index (χ1) is 7.08. The van der Waals surface area contributed by atoms with Crippen LogP contribution in [-0.4, -0.2) is 17.8 Å². The third-order valence-electron chi connectivity index (χ3n) is 2.90. The van der Waals surface area contributed by atoms with Crippen LogP contribution in [0, 0.1) is 11.8 Å². The first-order valence-electron chi connectivity index (χ1n) is 5.98. The topological polar surface area (TPSA) is 29.1 Å². The lowest BCUT2D eigenvalue weighted by atomic mass is 9.89. The second-order valence-corrected chi connectivity index (χ2v) is 5.65. The lowest BCUT2D eigenvalue weighted by Crippen LogP contribution is -2.32. The molecular weight excluding hydrogens is 210 g/mol. The molecule has 0 aliphatic heterocycles. The lowest BCUT2D eigenvalue weighted by Gasteiger charge is -2.25. The quantitative estimate of drug-likeness (QED) is 0.741. The number of carbonyl (C=O) groups excluding carboxylic acids is 1. The van der Waals surface area contributed by atoms with E-state index in [4.69, 9.17) is 11.6 Å². The molecule has 2 nitrogen and oxygen atoms in total. The van der Waals surface area contributed by atoms with Gasteiger partial charge in [-0.25, -0.2) is 0 Å². The molecule has 1 amide bonds. The Balaban J connectivity index is 2.16. The van der Waals surface area contributed by atoms with Crippen molar-refractivity contribution >= 4 is 17.5 Å². The van der Waals surface area contributed by atoms with Crippen LogP contribution in [0.5, 0.6) is 0 Å². The second kappa shape index (κ2) is 6.37. The zero-order chi connectivity index (χ0) is 11.3. The van der Waals surface area contributed by atoms with Crippen molar-refractivity contribution in [2.24, 2.45) is 11.8 Å². The zero-order valence-corrected chi connectivity index (χ0v) is 10.5. The van der Waals surface area contributed by atoms with Gasteiger partial charge in [0.25, 0.3) is 0 Å². The van der Waals surface area contributed by atoms with Gasteiger partial charge in [0, 0.05) is 18.3 Å². The SMILES string of the molecule is CC(C)CC(=O)NCC1CCCC(Cl)C1. The van der Waals surface area contributed by atoms with Crippen LogP contribution in [0.1, 0.15) is 46.0 Å². The van der Waals surface area contributed by atoms with Gasteiger partial charge >= 0.3 is 0 Å². The maximum absolute atomic E-state index is 11.4. The Morgan fingerprint density at radius 2 is 2.20 bits per heavy atom. The molecule has 0 aromatic carbocycles. The van der Waals surface area contributed by atoms with Crippen molar-refractivity contribution in [2.45, 2.75) is 51.3 Å². The third kappa shape index (κ3) is 5.41. The average Bonchev–Trinajstić information content (AvgIpc) is 2.14. The van der Waals surface area contributed by atoms with E-state index >= 15 is 0 Å². The predicted molar refractivity (Wildman–Crippen MR) is 64.1 cm³/mol. The maximum Gasteiger partial charge on any atom is 0.220 e. The number of rotatable bonds is 4.